The third kappa shape index (κ3) is 4.43. The average Bonchev–Trinajstić information content (AvgIpc) is 2.59. The Morgan fingerprint density at radius 1 is 0.583 bits per heavy atom. The topological polar surface area (TPSA) is 70.5 Å². The summed E-state index contributed by atoms with van der Waals surface area (Å²) in [6.07, 6.45) is 0. The standard InChI is InChI=1S/C20H20N2O2/c21-17-3-1-5-19(11-17)23-13-15-7-9-16(10-8-15)14-24-20-6-2-4-18(22)12-20/h1-12H,13-14,21-22H2. The number of benzene rings is 3. The second-order valence-electron chi connectivity index (χ2n) is 5.54. The maximum Gasteiger partial charge on any atom is 0.121 e. The van der Waals surface area contributed by atoms with Crippen molar-refractivity contribution in [2.75, 3.05) is 11.5 Å². The zero-order valence-electron chi connectivity index (χ0n) is 13.3. The SMILES string of the molecule is Nc1cccc(OCc2ccc(COc3cccc(N)c3)cc2)c1. The summed E-state index contributed by atoms with van der Waals surface area (Å²) in [5.41, 5.74) is 15.0. The number of nitrogens with two attached hydrogens (primary N) is 2. The van der Waals surface area contributed by atoms with E-state index >= 15 is 0 Å². The van der Waals surface area contributed by atoms with Gasteiger partial charge in [-0.1, -0.05) is 36.4 Å². The highest BCUT2D eigenvalue weighted by Crippen LogP contribution is 2.18. The first-order valence-electron chi connectivity index (χ1n) is 7.73. The molecule has 4 N–H and O–H groups in total. The number of hydrogen-bond donors (Lipinski definition) is 2. The van der Waals surface area contributed by atoms with Gasteiger partial charge in [-0.3, -0.25) is 0 Å². The summed E-state index contributed by atoms with van der Waals surface area (Å²) < 4.78 is 11.5. The van der Waals surface area contributed by atoms with E-state index < -0.39 is 0 Å². The highest BCUT2D eigenvalue weighted by molar-refractivity contribution is 5.44. The number of ether oxygens (including phenoxy) is 2. The first-order chi connectivity index (χ1) is 11.7. The molecule has 3 aromatic rings. The van der Waals surface area contributed by atoms with Gasteiger partial charge in [0.05, 0.1) is 0 Å². The van der Waals surface area contributed by atoms with E-state index in [1.807, 2.05) is 72.8 Å². The zero-order valence-corrected chi connectivity index (χ0v) is 13.3. The van der Waals surface area contributed by atoms with Gasteiger partial charge >= 0.3 is 0 Å². The Labute approximate surface area is 141 Å². The number of hydrogen-bond acceptors (Lipinski definition) is 4. The Morgan fingerprint density at radius 3 is 1.38 bits per heavy atom. The lowest BCUT2D eigenvalue weighted by Gasteiger charge is -2.09. The molecule has 4 heteroatoms. The van der Waals surface area contributed by atoms with Gasteiger partial charge in [-0.2, -0.15) is 0 Å². The largest absolute Gasteiger partial charge is 0.489 e. The molecule has 122 valence electrons. The van der Waals surface area contributed by atoms with Gasteiger partial charge in [0.1, 0.15) is 24.7 Å². The lowest BCUT2D eigenvalue weighted by molar-refractivity contribution is 0.303. The molecule has 0 unspecified atom stereocenters. The van der Waals surface area contributed by atoms with Crippen LogP contribution in [0.1, 0.15) is 11.1 Å². The van der Waals surface area contributed by atoms with Gasteiger partial charge in [-0.15, -0.1) is 0 Å². The molecule has 0 aromatic heterocycles. The maximum absolute atomic E-state index is 5.74. The Kier molecular flexibility index (Phi) is 4.87. The van der Waals surface area contributed by atoms with Crippen LogP contribution in [0.2, 0.25) is 0 Å². The van der Waals surface area contributed by atoms with E-state index in [0.29, 0.717) is 24.6 Å². The van der Waals surface area contributed by atoms with Crippen LogP contribution in [0.15, 0.2) is 72.8 Å². The van der Waals surface area contributed by atoms with Crippen molar-refractivity contribution in [2.45, 2.75) is 13.2 Å². The molecule has 0 aliphatic heterocycles. The summed E-state index contributed by atoms with van der Waals surface area (Å²) in [6, 6.07) is 23.0. The van der Waals surface area contributed by atoms with Crippen molar-refractivity contribution in [1.29, 1.82) is 0 Å². The van der Waals surface area contributed by atoms with Crippen molar-refractivity contribution in [2.24, 2.45) is 0 Å². The highest BCUT2D eigenvalue weighted by atomic mass is 16.5. The van der Waals surface area contributed by atoms with Crippen molar-refractivity contribution >= 4 is 11.4 Å². The van der Waals surface area contributed by atoms with Gasteiger partial charge in [-0.05, 0) is 35.4 Å². The zero-order chi connectivity index (χ0) is 16.8. The molecule has 0 saturated carbocycles. The van der Waals surface area contributed by atoms with Gasteiger partial charge < -0.3 is 20.9 Å². The number of rotatable bonds is 6. The van der Waals surface area contributed by atoms with Crippen molar-refractivity contribution in [3.8, 4) is 11.5 Å². The second-order valence-corrected chi connectivity index (χ2v) is 5.54. The average molecular weight is 320 g/mol. The van der Waals surface area contributed by atoms with Crippen LogP contribution in [0.25, 0.3) is 0 Å². The first kappa shape index (κ1) is 15.7. The smallest absolute Gasteiger partial charge is 0.121 e. The molecule has 3 rings (SSSR count). The lowest BCUT2D eigenvalue weighted by atomic mass is 10.1. The van der Waals surface area contributed by atoms with Crippen molar-refractivity contribution in [3.05, 3.63) is 83.9 Å². The molecule has 0 fully saturated rings. The van der Waals surface area contributed by atoms with Crippen LogP contribution in [-0.2, 0) is 13.2 Å². The van der Waals surface area contributed by atoms with Gasteiger partial charge in [0.2, 0.25) is 0 Å². The molecule has 0 amide bonds. The number of nitrogen functional groups attached to an aromatic ring is 2. The summed E-state index contributed by atoms with van der Waals surface area (Å²) in [6.45, 7) is 1.000. The van der Waals surface area contributed by atoms with Gasteiger partial charge in [0.25, 0.3) is 0 Å². The molecule has 0 aliphatic carbocycles. The second kappa shape index (κ2) is 7.42. The first-order valence-corrected chi connectivity index (χ1v) is 7.73. The van der Waals surface area contributed by atoms with Crippen LogP contribution in [-0.4, -0.2) is 0 Å². The van der Waals surface area contributed by atoms with E-state index in [1.54, 1.807) is 0 Å². The molecular weight excluding hydrogens is 300 g/mol. The fourth-order valence-electron chi connectivity index (χ4n) is 2.27. The fourth-order valence-corrected chi connectivity index (χ4v) is 2.27. The third-order valence-corrected chi connectivity index (χ3v) is 3.55. The molecule has 0 radical (unpaired) electrons. The lowest BCUT2D eigenvalue weighted by Crippen LogP contribution is -1.99. The Hall–Kier alpha value is -3.14. The van der Waals surface area contributed by atoms with Gasteiger partial charge in [0.15, 0.2) is 0 Å². The monoisotopic (exact) mass is 320 g/mol. The predicted molar refractivity (Wildman–Crippen MR) is 96.8 cm³/mol. The molecule has 0 heterocycles. The normalized spacial score (nSPS) is 10.3. The number of anilines is 2. The van der Waals surface area contributed by atoms with E-state index in [0.717, 1.165) is 22.6 Å². The van der Waals surface area contributed by atoms with Crippen molar-refractivity contribution in [1.82, 2.24) is 0 Å². The van der Waals surface area contributed by atoms with Crippen LogP contribution in [0, 0.1) is 0 Å². The van der Waals surface area contributed by atoms with Crippen LogP contribution < -0.4 is 20.9 Å². The molecule has 24 heavy (non-hydrogen) atoms. The minimum absolute atomic E-state index is 0.500. The van der Waals surface area contributed by atoms with E-state index in [-0.39, 0.29) is 0 Å². The minimum Gasteiger partial charge on any atom is -0.489 e. The van der Waals surface area contributed by atoms with Gasteiger partial charge in [-0.25, -0.2) is 0 Å². The minimum atomic E-state index is 0.500. The summed E-state index contributed by atoms with van der Waals surface area (Å²) >= 11 is 0. The molecule has 4 nitrogen and oxygen atoms in total. The molecule has 0 atom stereocenters. The summed E-state index contributed by atoms with van der Waals surface area (Å²) in [5.74, 6) is 1.54. The van der Waals surface area contributed by atoms with Gasteiger partial charge in [0, 0.05) is 23.5 Å². The van der Waals surface area contributed by atoms with Crippen LogP contribution in [0.5, 0.6) is 11.5 Å². The fraction of sp³-hybridized carbons (Fsp3) is 0.100. The quantitative estimate of drug-likeness (QED) is 0.673. The van der Waals surface area contributed by atoms with E-state index in [2.05, 4.69) is 0 Å². The van der Waals surface area contributed by atoms with Crippen molar-refractivity contribution < 1.29 is 9.47 Å². The molecule has 0 spiro atoms. The summed E-state index contributed by atoms with van der Waals surface area (Å²) in [7, 11) is 0. The van der Waals surface area contributed by atoms with E-state index in [9.17, 15) is 0 Å². The molecular formula is C20H20N2O2. The molecule has 3 aromatic carbocycles. The van der Waals surface area contributed by atoms with E-state index in [1.165, 1.54) is 0 Å². The molecule has 0 saturated heterocycles. The summed E-state index contributed by atoms with van der Waals surface area (Å²) in [5, 5.41) is 0. The Morgan fingerprint density at radius 2 is 1.00 bits per heavy atom. The third-order valence-electron chi connectivity index (χ3n) is 3.55. The molecule has 0 aliphatic rings. The Bertz CT molecular complexity index is 732. The highest BCUT2D eigenvalue weighted by Gasteiger charge is 2.00. The maximum atomic E-state index is 5.74. The van der Waals surface area contributed by atoms with Crippen LogP contribution in [0.3, 0.4) is 0 Å². The summed E-state index contributed by atoms with van der Waals surface area (Å²) in [4.78, 5) is 0. The van der Waals surface area contributed by atoms with Crippen LogP contribution in [0.4, 0.5) is 11.4 Å². The predicted octanol–water partition coefficient (Wildman–Crippen LogP) is 4.01. The van der Waals surface area contributed by atoms with E-state index in [4.69, 9.17) is 20.9 Å². The molecule has 0 bridgehead atoms. The van der Waals surface area contributed by atoms with Crippen LogP contribution >= 0.6 is 0 Å². The van der Waals surface area contributed by atoms with Crippen molar-refractivity contribution in [3.63, 3.8) is 0 Å². The Balaban J connectivity index is 1.53.